The summed E-state index contributed by atoms with van der Waals surface area (Å²) < 4.78 is 10.8. The van der Waals surface area contributed by atoms with E-state index in [1.807, 2.05) is 0 Å². The van der Waals surface area contributed by atoms with Crippen molar-refractivity contribution < 1.29 is 23.9 Å². The number of anilines is 3. The van der Waals surface area contributed by atoms with Gasteiger partial charge in [0.15, 0.2) is 5.13 Å². The third-order valence-corrected chi connectivity index (χ3v) is 4.96. The zero-order valence-electron chi connectivity index (χ0n) is 16.6. The highest BCUT2D eigenvalue weighted by molar-refractivity contribution is 7.22. The molecule has 0 unspecified atom stereocenters. The van der Waals surface area contributed by atoms with Crippen LogP contribution in [-0.2, 0) is 9.53 Å². The van der Waals surface area contributed by atoms with Crippen LogP contribution in [0.2, 0.25) is 0 Å². The van der Waals surface area contributed by atoms with Crippen molar-refractivity contribution in [1.29, 1.82) is 0 Å². The molecule has 30 heavy (non-hydrogen) atoms. The van der Waals surface area contributed by atoms with Gasteiger partial charge < -0.3 is 25.4 Å². The standard InChI is InChI=1S/C20H20N4O5S/c1-4-16(25)23-20-24-17-14(28-2)9-13(10-15(17)30-20)22-19(27)21-12-7-5-6-11(8-12)18(26)29-3/h5-10H,4H2,1-3H3,(H2,21,22,27)(H,23,24,25). The number of urea groups is 1. The SMILES string of the molecule is CCC(=O)Nc1nc2c(OC)cc(NC(=O)Nc3cccc(C(=O)OC)c3)cc2s1. The Bertz CT molecular complexity index is 1110. The van der Waals surface area contributed by atoms with Crippen LogP contribution in [-0.4, -0.2) is 37.1 Å². The topological polar surface area (TPSA) is 119 Å². The number of nitrogens with one attached hydrogen (secondary N) is 3. The largest absolute Gasteiger partial charge is 0.494 e. The van der Waals surface area contributed by atoms with Gasteiger partial charge in [-0.05, 0) is 24.3 Å². The van der Waals surface area contributed by atoms with Crippen LogP contribution >= 0.6 is 11.3 Å². The third-order valence-electron chi connectivity index (χ3n) is 4.05. The van der Waals surface area contributed by atoms with Gasteiger partial charge in [0.25, 0.3) is 0 Å². The second kappa shape index (κ2) is 9.23. The maximum absolute atomic E-state index is 12.4. The highest BCUT2D eigenvalue weighted by Crippen LogP contribution is 2.35. The molecule has 0 bridgehead atoms. The number of nitrogens with zero attached hydrogens (tertiary/aromatic N) is 1. The number of fused-ring (bicyclic) bond motifs is 1. The van der Waals surface area contributed by atoms with Crippen molar-refractivity contribution in [3.05, 3.63) is 42.0 Å². The van der Waals surface area contributed by atoms with Gasteiger partial charge in [0, 0.05) is 23.9 Å². The van der Waals surface area contributed by atoms with E-state index in [2.05, 4.69) is 25.7 Å². The quantitative estimate of drug-likeness (QED) is 0.509. The Hall–Kier alpha value is -3.66. The summed E-state index contributed by atoms with van der Waals surface area (Å²) in [6, 6.07) is 9.28. The van der Waals surface area contributed by atoms with Crippen LogP contribution in [0.4, 0.5) is 21.3 Å². The summed E-state index contributed by atoms with van der Waals surface area (Å²) in [6.07, 6.45) is 0.344. The van der Waals surface area contributed by atoms with Crippen LogP contribution in [0.5, 0.6) is 5.75 Å². The number of hydrogen-bond acceptors (Lipinski definition) is 7. The zero-order valence-corrected chi connectivity index (χ0v) is 17.4. The fourth-order valence-electron chi connectivity index (χ4n) is 2.62. The number of rotatable bonds is 6. The number of benzene rings is 2. The minimum absolute atomic E-state index is 0.139. The third kappa shape index (κ3) is 4.84. The summed E-state index contributed by atoms with van der Waals surface area (Å²) in [5.74, 6) is -0.172. The second-order valence-corrected chi connectivity index (χ2v) is 7.13. The zero-order chi connectivity index (χ0) is 21.7. The normalized spacial score (nSPS) is 10.4. The summed E-state index contributed by atoms with van der Waals surface area (Å²) in [5.41, 5.74) is 1.83. The molecule has 0 fully saturated rings. The highest BCUT2D eigenvalue weighted by Gasteiger charge is 2.14. The molecule has 0 saturated heterocycles. The molecule has 156 valence electrons. The fraction of sp³-hybridized carbons (Fsp3) is 0.200. The van der Waals surface area contributed by atoms with Crippen LogP contribution in [0.1, 0.15) is 23.7 Å². The molecule has 3 aromatic rings. The lowest BCUT2D eigenvalue weighted by atomic mass is 10.2. The summed E-state index contributed by atoms with van der Waals surface area (Å²) in [5, 5.41) is 8.57. The Labute approximate surface area is 176 Å². The van der Waals surface area contributed by atoms with Gasteiger partial charge >= 0.3 is 12.0 Å². The number of thiazole rings is 1. The Balaban J connectivity index is 1.78. The first-order chi connectivity index (χ1) is 14.4. The van der Waals surface area contributed by atoms with Crippen LogP contribution in [0, 0.1) is 0 Å². The molecule has 3 N–H and O–H groups in total. The maximum atomic E-state index is 12.4. The number of esters is 1. The van der Waals surface area contributed by atoms with E-state index in [4.69, 9.17) is 4.74 Å². The van der Waals surface area contributed by atoms with Crippen molar-refractivity contribution in [3.63, 3.8) is 0 Å². The van der Waals surface area contributed by atoms with Gasteiger partial charge in [0.2, 0.25) is 5.91 Å². The minimum atomic E-state index is -0.498. The van der Waals surface area contributed by atoms with Gasteiger partial charge in [-0.2, -0.15) is 0 Å². The molecule has 1 heterocycles. The number of aromatic nitrogens is 1. The molecular formula is C20H20N4O5S. The molecule has 9 nitrogen and oxygen atoms in total. The predicted octanol–water partition coefficient (Wildman–Crippen LogP) is 4.08. The first-order valence-electron chi connectivity index (χ1n) is 8.98. The van der Waals surface area contributed by atoms with Gasteiger partial charge in [-0.3, -0.25) is 4.79 Å². The highest BCUT2D eigenvalue weighted by atomic mass is 32.1. The summed E-state index contributed by atoms with van der Waals surface area (Å²) in [7, 11) is 2.79. The second-order valence-electron chi connectivity index (χ2n) is 6.10. The van der Waals surface area contributed by atoms with Crippen molar-refractivity contribution in [2.45, 2.75) is 13.3 Å². The molecule has 10 heteroatoms. The molecule has 0 saturated carbocycles. The van der Waals surface area contributed by atoms with E-state index in [-0.39, 0.29) is 5.91 Å². The number of hydrogen-bond donors (Lipinski definition) is 3. The first kappa shape index (κ1) is 21.1. The van der Waals surface area contributed by atoms with Crippen molar-refractivity contribution >= 4 is 56.0 Å². The lowest BCUT2D eigenvalue weighted by Crippen LogP contribution is -2.19. The lowest BCUT2D eigenvalue weighted by Gasteiger charge is -2.10. The Morgan fingerprint density at radius 1 is 1.03 bits per heavy atom. The molecule has 0 aliphatic rings. The molecule has 0 atom stereocenters. The summed E-state index contributed by atoms with van der Waals surface area (Å²) in [6.45, 7) is 1.75. The van der Waals surface area contributed by atoms with E-state index in [9.17, 15) is 14.4 Å². The monoisotopic (exact) mass is 428 g/mol. The van der Waals surface area contributed by atoms with Crippen molar-refractivity contribution in [2.75, 3.05) is 30.2 Å². The lowest BCUT2D eigenvalue weighted by molar-refractivity contribution is -0.115. The molecular weight excluding hydrogens is 408 g/mol. The van der Waals surface area contributed by atoms with E-state index in [0.29, 0.717) is 39.8 Å². The van der Waals surface area contributed by atoms with Gasteiger partial charge in [0.05, 0.1) is 24.5 Å². The van der Waals surface area contributed by atoms with Gasteiger partial charge in [-0.1, -0.05) is 24.3 Å². The summed E-state index contributed by atoms with van der Waals surface area (Å²) in [4.78, 5) is 40.0. The van der Waals surface area contributed by atoms with Crippen LogP contribution in [0.15, 0.2) is 36.4 Å². The van der Waals surface area contributed by atoms with Crippen molar-refractivity contribution in [3.8, 4) is 5.75 Å². The van der Waals surface area contributed by atoms with Crippen LogP contribution < -0.4 is 20.7 Å². The smallest absolute Gasteiger partial charge is 0.337 e. The molecule has 1 aromatic heterocycles. The van der Waals surface area contributed by atoms with E-state index >= 15 is 0 Å². The van der Waals surface area contributed by atoms with E-state index < -0.39 is 12.0 Å². The van der Waals surface area contributed by atoms with Gasteiger partial charge in [-0.25, -0.2) is 14.6 Å². The van der Waals surface area contributed by atoms with Crippen molar-refractivity contribution in [2.24, 2.45) is 0 Å². The van der Waals surface area contributed by atoms with E-state index in [1.54, 1.807) is 37.3 Å². The van der Waals surface area contributed by atoms with E-state index in [0.717, 1.165) is 4.70 Å². The van der Waals surface area contributed by atoms with Crippen LogP contribution in [0.3, 0.4) is 0 Å². The Kier molecular flexibility index (Phi) is 6.48. The molecule has 0 aliphatic carbocycles. The average molecular weight is 428 g/mol. The fourth-order valence-corrected chi connectivity index (χ4v) is 3.56. The summed E-state index contributed by atoms with van der Waals surface area (Å²) >= 11 is 1.28. The molecule has 3 amide bonds. The number of ether oxygens (including phenoxy) is 2. The van der Waals surface area contributed by atoms with E-state index in [1.165, 1.54) is 31.6 Å². The Morgan fingerprint density at radius 2 is 1.80 bits per heavy atom. The van der Waals surface area contributed by atoms with Crippen molar-refractivity contribution in [1.82, 2.24) is 4.98 Å². The maximum Gasteiger partial charge on any atom is 0.337 e. The minimum Gasteiger partial charge on any atom is -0.494 e. The number of carbonyl (C=O) groups is 3. The van der Waals surface area contributed by atoms with Gasteiger partial charge in [-0.15, -0.1) is 0 Å². The molecule has 0 radical (unpaired) electrons. The number of methoxy groups -OCH3 is 2. The van der Waals surface area contributed by atoms with Crippen LogP contribution in [0.25, 0.3) is 10.2 Å². The molecule has 0 spiro atoms. The van der Waals surface area contributed by atoms with Gasteiger partial charge in [0.1, 0.15) is 11.3 Å². The number of carbonyl (C=O) groups excluding carboxylic acids is 3. The molecule has 3 rings (SSSR count). The average Bonchev–Trinajstić information content (AvgIpc) is 3.14. The number of amides is 3. The predicted molar refractivity (Wildman–Crippen MR) is 116 cm³/mol. The first-order valence-corrected chi connectivity index (χ1v) is 9.80. The Morgan fingerprint density at radius 3 is 2.50 bits per heavy atom. The molecule has 2 aromatic carbocycles. The molecule has 0 aliphatic heterocycles.